The van der Waals surface area contributed by atoms with Crippen LogP contribution >= 0.6 is 11.6 Å². The largest absolute Gasteiger partial charge is 0.497 e. The first-order valence-electron chi connectivity index (χ1n) is 11.5. The molecule has 0 aliphatic carbocycles. The summed E-state index contributed by atoms with van der Waals surface area (Å²) in [6.07, 6.45) is 4.97. The van der Waals surface area contributed by atoms with Gasteiger partial charge in [0, 0.05) is 25.2 Å². The smallest absolute Gasteiger partial charge is 0.148 e. The molecule has 0 amide bonds. The monoisotopic (exact) mass is 474 g/mol. The summed E-state index contributed by atoms with van der Waals surface area (Å²) in [6.45, 7) is 1.98. The van der Waals surface area contributed by atoms with E-state index < -0.39 is 17.1 Å². The molecular formula is C26H35ClN2O4. The van der Waals surface area contributed by atoms with Crippen LogP contribution in [0.1, 0.15) is 43.2 Å². The normalized spacial score (nSPS) is 18.5. The molecule has 0 bridgehead atoms. The van der Waals surface area contributed by atoms with Crippen LogP contribution in [0.4, 0.5) is 0 Å². The molecule has 3 rings (SSSR count). The van der Waals surface area contributed by atoms with Gasteiger partial charge in [-0.15, -0.1) is 0 Å². The molecule has 3 atom stereocenters. The number of nitrogens with two attached hydrogens (primary N) is 1. The minimum absolute atomic E-state index is 0.230. The highest BCUT2D eigenvalue weighted by molar-refractivity contribution is 6.24. The maximum atomic E-state index is 11.9. The number of halogens is 1. The van der Waals surface area contributed by atoms with Crippen molar-refractivity contribution in [3.8, 4) is 11.5 Å². The van der Waals surface area contributed by atoms with Gasteiger partial charge in [-0.1, -0.05) is 54.8 Å². The molecular weight excluding hydrogens is 440 g/mol. The van der Waals surface area contributed by atoms with Crippen LogP contribution in [0.15, 0.2) is 48.5 Å². The van der Waals surface area contributed by atoms with Crippen LogP contribution < -0.4 is 15.2 Å². The van der Waals surface area contributed by atoms with Gasteiger partial charge < -0.3 is 24.7 Å². The molecule has 0 radical (unpaired) electrons. The molecule has 1 fully saturated rings. The zero-order valence-electron chi connectivity index (χ0n) is 19.5. The summed E-state index contributed by atoms with van der Waals surface area (Å²) in [5, 5.41) is 0. The number of nitrogens with zero attached hydrogens (tertiary/aromatic N) is 1. The zero-order valence-corrected chi connectivity index (χ0v) is 20.3. The first-order chi connectivity index (χ1) is 16.0. The quantitative estimate of drug-likeness (QED) is 0.294. The molecule has 7 heteroatoms. The number of methoxy groups -OCH3 is 2. The van der Waals surface area contributed by atoms with E-state index in [0.29, 0.717) is 17.9 Å². The fourth-order valence-corrected chi connectivity index (χ4v) is 4.81. The lowest BCUT2D eigenvalue weighted by Crippen LogP contribution is -2.55. The van der Waals surface area contributed by atoms with E-state index in [-0.39, 0.29) is 6.61 Å². The van der Waals surface area contributed by atoms with Gasteiger partial charge >= 0.3 is 0 Å². The third-order valence-corrected chi connectivity index (χ3v) is 6.99. The maximum absolute atomic E-state index is 11.9. The highest BCUT2D eigenvalue weighted by atomic mass is 35.5. The molecule has 33 heavy (non-hydrogen) atoms. The SMILES string of the molecule is COc1cc(COC(C=O)CC(N)C(Cl)(c2ccccc2)N2CCCCCC2)cc(OC)c1. The van der Waals surface area contributed by atoms with Gasteiger partial charge in [0.25, 0.3) is 0 Å². The zero-order chi connectivity index (χ0) is 23.7. The Hall–Kier alpha value is -2.12. The fraction of sp³-hybridized carbons (Fsp3) is 0.500. The lowest BCUT2D eigenvalue weighted by molar-refractivity contribution is -0.120. The molecule has 0 aromatic heterocycles. The van der Waals surface area contributed by atoms with Gasteiger partial charge in [0.2, 0.25) is 0 Å². The summed E-state index contributed by atoms with van der Waals surface area (Å²) >= 11 is 7.36. The Morgan fingerprint density at radius 3 is 2.18 bits per heavy atom. The van der Waals surface area contributed by atoms with Crippen molar-refractivity contribution in [1.29, 1.82) is 0 Å². The number of hydrogen-bond donors (Lipinski definition) is 1. The molecule has 2 N–H and O–H groups in total. The van der Waals surface area contributed by atoms with Crippen molar-refractivity contribution >= 4 is 17.9 Å². The van der Waals surface area contributed by atoms with E-state index in [0.717, 1.165) is 43.3 Å². The number of likely N-dealkylation sites (tertiary alicyclic amines) is 1. The molecule has 0 saturated carbocycles. The van der Waals surface area contributed by atoms with Crippen molar-refractivity contribution in [2.24, 2.45) is 5.73 Å². The third-order valence-electron chi connectivity index (χ3n) is 6.25. The second kappa shape index (κ2) is 12.4. The molecule has 6 nitrogen and oxygen atoms in total. The van der Waals surface area contributed by atoms with E-state index in [1.54, 1.807) is 20.3 Å². The van der Waals surface area contributed by atoms with Crippen LogP contribution in [0, 0.1) is 0 Å². The molecule has 2 aromatic carbocycles. The Kier molecular flexibility index (Phi) is 9.56. The van der Waals surface area contributed by atoms with Gasteiger partial charge in [0.15, 0.2) is 0 Å². The molecule has 1 saturated heterocycles. The summed E-state index contributed by atoms with van der Waals surface area (Å²) < 4.78 is 16.6. The number of aldehydes is 1. The number of alkyl halides is 1. The second-order valence-corrected chi connectivity index (χ2v) is 9.07. The highest BCUT2D eigenvalue weighted by Crippen LogP contribution is 2.39. The fourth-order valence-electron chi connectivity index (χ4n) is 4.42. The van der Waals surface area contributed by atoms with Crippen LogP contribution in [-0.4, -0.2) is 50.6 Å². The Balaban J connectivity index is 1.76. The Morgan fingerprint density at radius 2 is 1.64 bits per heavy atom. The van der Waals surface area contributed by atoms with E-state index in [1.165, 1.54) is 12.8 Å². The second-order valence-electron chi connectivity index (χ2n) is 8.49. The number of hydrogen-bond acceptors (Lipinski definition) is 6. The molecule has 1 aliphatic heterocycles. The van der Waals surface area contributed by atoms with Gasteiger partial charge in [-0.2, -0.15) is 0 Å². The maximum Gasteiger partial charge on any atom is 0.148 e. The van der Waals surface area contributed by atoms with E-state index >= 15 is 0 Å². The number of carbonyl (C=O) groups excluding carboxylic acids is 1. The number of rotatable bonds is 11. The van der Waals surface area contributed by atoms with Crippen molar-refractivity contribution in [3.63, 3.8) is 0 Å². The summed E-state index contributed by atoms with van der Waals surface area (Å²) in [5.41, 5.74) is 8.54. The van der Waals surface area contributed by atoms with Crippen LogP contribution in [0.25, 0.3) is 0 Å². The van der Waals surface area contributed by atoms with E-state index in [2.05, 4.69) is 4.90 Å². The third kappa shape index (κ3) is 6.48. The number of carbonyl (C=O) groups is 1. The summed E-state index contributed by atoms with van der Waals surface area (Å²) in [5.74, 6) is 1.33. The first-order valence-corrected chi connectivity index (χ1v) is 11.9. The molecule has 0 spiro atoms. The van der Waals surface area contributed by atoms with Crippen LogP contribution in [0.3, 0.4) is 0 Å². The predicted octanol–water partition coefficient (Wildman–Crippen LogP) is 4.47. The lowest BCUT2D eigenvalue weighted by Gasteiger charge is -2.43. The summed E-state index contributed by atoms with van der Waals surface area (Å²) in [6, 6.07) is 14.9. The van der Waals surface area contributed by atoms with Gasteiger partial charge in [0.1, 0.15) is 28.9 Å². The molecule has 3 unspecified atom stereocenters. The van der Waals surface area contributed by atoms with Gasteiger partial charge in [-0.3, -0.25) is 4.90 Å². The van der Waals surface area contributed by atoms with Crippen LogP contribution in [-0.2, 0) is 21.1 Å². The van der Waals surface area contributed by atoms with Gasteiger partial charge in [0.05, 0.1) is 20.8 Å². The highest BCUT2D eigenvalue weighted by Gasteiger charge is 2.43. The average molecular weight is 475 g/mol. The molecule has 2 aromatic rings. The Labute approximate surface area is 201 Å². The van der Waals surface area contributed by atoms with E-state index in [4.69, 9.17) is 31.5 Å². The van der Waals surface area contributed by atoms with Crippen molar-refractivity contribution in [1.82, 2.24) is 4.90 Å². The minimum atomic E-state index is -0.907. The number of benzene rings is 2. The summed E-state index contributed by atoms with van der Waals surface area (Å²) in [7, 11) is 3.19. The van der Waals surface area contributed by atoms with Crippen molar-refractivity contribution < 1.29 is 19.0 Å². The Morgan fingerprint density at radius 1 is 1.03 bits per heavy atom. The van der Waals surface area contributed by atoms with Crippen molar-refractivity contribution in [2.75, 3.05) is 27.3 Å². The molecule has 1 aliphatic rings. The summed E-state index contributed by atoms with van der Waals surface area (Å²) in [4.78, 5) is 13.3. The standard InChI is InChI=1S/C26H35ClN2O4/c1-31-22-14-20(15-23(16-22)32-2)19-33-24(18-30)17-25(28)26(27,21-10-6-5-7-11-21)29-12-8-3-4-9-13-29/h5-7,10-11,14-16,18,24-25H,3-4,8-9,12-13,17,19,28H2,1-2H3. The van der Waals surface area contributed by atoms with Crippen LogP contribution in [0.2, 0.25) is 0 Å². The predicted molar refractivity (Wildman–Crippen MR) is 131 cm³/mol. The topological polar surface area (TPSA) is 74.0 Å². The molecule has 1 heterocycles. The van der Waals surface area contributed by atoms with Gasteiger partial charge in [-0.05, 0) is 42.5 Å². The van der Waals surface area contributed by atoms with Crippen molar-refractivity contribution in [3.05, 3.63) is 59.7 Å². The average Bonchev–Trinajstić information content (AvgIpc) is 3.16. The molecule has 180 valence electrons. The van der Waals surface area contributed by atoms with Crippen LogP contribution in [0.5, 0.6) is 11.5 Å². The van der Waals surface area contributed by atoms with E-state index in [1.807, 2.05) is 42.5 Å². The Bertz CT molecular complexity index is 852. The van der Waals surface area contributed by atoms with E-state index in [9.17, 15) is 4.79 Å². The number of ether oxygens (including phenoxy) is 3. The first kappa shape index (κ1) is 25.5. The minimum Gasteiger partial charge on any atom is -0.497 e. The van der Waals surface area contributed by atoms with Crippen molar-refractivity contribution in [2.45, 2.75) is 55.9 Å². The lowest BCUT2D eigenvalue weighted by atomic mass is 9.93. The van der Waals surface area contributed by atoms with Gasteiger partial charge in [-0.25, -0.2) is 0 Å².